The number of aromatic amines is 1. The lowest BCUT2D eigenvalue weighted by Gasteiger charge is -2.10. The number of rotatable bonds is 3. The monoisotopic (exact) mass is 332 g/mol. The molecule has 0 saturated heterocycles. The zero-order valence-electron chi connectivity index (χ0n) is 9.55. The molecule has 1 aliphatic rings. The van der Waals surface area contributed by atoms with Crippen LogP contribution in [0.4, 0.5) is 0 Å². The number of nitrogens with one attached hydrogen (secondary N) is 1. The molecule has 16 heavy (non-hydrogen) atoms. The largest absolute Gasteiger partial charge is 0.309 e. The van der Waals surface area contributed by atoms with Crippen molar-refractivity contribution < 1.29 is 0 Å². The van der Waals surface area contributed by atoms with Crippen LogP contribution < -0.4 is 5.56 Å². The number of aromatic nitrogens is 2. The van der Waals surface area contributed by atoms with Crippen LogP contribution in [0.15, 0.2) is 4.79 Å². The molecule has 0 unspecified atom stereocenters. The third kappa shape index (κ3) is 2.47. The predicted molar refractivity (Wildman–Crippen MR) is 72.8 cm³/mol. The standard InChI is InChI=1S/C12H17IN2O/c1-2-5-9-10(13)12(16)15-11(14-9)8-6-3-4-7-8/h8H,2-7H2,1H3,(H,14,15,16). The first-order valence-electron chi connectivity index (χ1n) is 6.01. The van der Waals surface area contributed by atoms with Crippen LogP contribution in [0, 0.1) is 3.57 Å². The fraction of sp³-hybridized carbons (Fsp3) is 0.667. The lowest BCUT2D eigenvalue weighted by molar-refractivity contribution is 0.651. The topological polar surface area (TPSA) is 45.8 Å². The van der Waals surface area contributed by atoms with Crippen LogP contribution in [0.2, 0.25) is 0 Å². The van der Waals surface area contributed by atoms with Crippen LogP contribution in [0.1, 0.15) is 56.5 Å². The van der Waals surface area contributed by atoms with Gasteiger partial charge in [-0.2, -0.15) is 0 Å². The second-order valence-corrected chi connectivity index (χ2v) is 5.52. The number of hydrogen-bond donors (Lipinski definition) is 1. The molecule has 0 atom stereocenters. The number of aryl methyl sites for hydroxylation is 1. The summed E-state index contributed by atoms with van der Waals surface area (Å²) in [6.45, 7) is 2.12. The average molecular weight is 332 g/mol. The Morgan fingerprint density at radius 2 is 2.12 bits per heavy atom. The SMILES string of the molecule is CCCc1nc(C2CCCC2)[nH]c(=O)c1I. The Bertz CT molecular complexity index is 422. The molecule has 4 heteroatoms. The van der Waals surface area contributed by atoms with Gasteiger partial charge in [0, 0.05) is 5.92 Å². The van der Waals surface area contributed by atoms with Gasteiger partial charge in [-0.3, -0.25) is 4.79 Å². The summed E-state index contributed by atoms with van der Waals surface area (Å²) in [4.78, 5) is 19.4. The smallest absolute Gasteiger partial charge is 0.264 e. The second-order valence-electron chi connectivity index (χ2n) is 4.44. The van der Waals surface area contributed by atoms with E-state index in [1.54, 1.807) is 0 Å². The van der Waals surface area contributed by atoms with Crippen molar-refractivity contribution in [1.29, 1.82) is 0 Å². The highest BCUT2D eigenvalue weighted by Gasteiger charge is 2.20. The molecule has 0 radical (unpaired) electrons. The molecule has 0 aliphatic heterocycles. The number of halogens is 1. The van der Waals surface area contributed by atoms with Crippen molar-refractivity contribution in [3.05, 3.63) is 25.4 Å². The molecule has 1 aromatic rings. The quantitative estimate of drug-likeness (QED) is 0.865. The van der Waals surface area contributed by atoms with Crippen LogP contribution in [-0.4, -0.2) is 9.97 Å². The first-order chi connectivity index (χ1) is 7.72. The van der Waals surface area contributed by atoms with Gasteiger partial charge in [0.1, 0.15) is 5.82 Å². The average Bonchev–Trinajstić information content (AvgIpc) is 2.78. The molecule has 3 nitrogen and oxygen atoms in total. The van der Waals surface area contributed by atoms with Gasteiger partial charge >= 0.3 is 0 Å². The molecular weight excluding hydrogens is 315 g/mol. The lowest BCUT2D eigenvalue weighted by atomic mass is 10.1. The Kier molecular flexibility index (Phi) is 4.00. The predicted octanol–water partition coefficient (Wildman–Crippen LogP) is 2.98. The molecule has 1 aliphatic carbocycles. The van der Waals surface area contributed by atoms with Crippen LogP contribution in [-0.2, 0) is 6.42 Å². The summed E-state index contributed by atoms with van der Waals surface area (Å²) in [5, 5.41) is 0. The third-order valence-corrected chi connectivity index (χ3v) is 4.29. The molecule has 1 aromatic heterocycles. The van der Waals surface area contributed by atoms with Crippen LogP contribution in [0.3, 0.4) is 0 Å². The highest BCUT2D eigenvalue weighted by molar-refractivity contribution is 14.1. The molecule has 0 aromatic carbocycles. The van der Waals surface area contributed by atoms with E-state index in [1.807, 2.05) is 0 Å². The minimum Gasteiger partial charge on any atom is -0.309 e. The van der Waals surface area contributed by atoms with Crippen LogP contribution in [0.5, 0.6) is 0 Å². The van der Waals surface area contributed by atoms with Gasteiger partial charge in [-0.05, 0) is 41.9 Å². The maximum atomic E-state index is 11.8. The van der Waals surface area contributed by atoms with Crippen molar-refractivity contribution in [3.63, 3.8) is 0 Å². The molecule has 1 heterocycles. The summed E-state index contributed by atoms with van der Waals surface area (Å²) in [5.74, 6) is 1.41. The highest BCUT2D eigenvalue weighted by atomic mass is 127. The first-order valence-corrected chi connectivity index (χ1v) is 7.08. The summed E-state index contributed by atoms with van der Waals surface area (Å²) >= 11 is 2.10. The van der Waals surface area contributed by atoms with E-state index in [-0.39, 0.29) is 5.56 Å². The Morgan fingerprint density at radius 3 is 2.75 bits per heavy atom. The third-order valence-electron chi connectivity index (χ3n) is 3.18. The van der Waals surface area contributed by atoms with Crippen molar-refractivity contribution in [2.45, 2.75) is 51.4 Å². The minimum absolute atomic E-state index is 0.0425. The summed E-state index contributed by atoms with van der Waals surface area (Å²) in [5.41, 5.74) is 1.02. The van der Waals surface area contributed by atoms with Gasteiger partial charge in [-0.25, -0.2) is 4.98 Å². The fourth-order valence-corrected chi connectivity index (χ4v) is 2.84. The molecule has 0 spiro atoms. The molecule has 0 bridgehead atoms. The highest BCUT2D eigenvalue weighted by Crippen LogP contribution is 2.31. The van der Waals surface area contributed by atoms with Gasteiger partial charge in [0.2, 0.25) is 0 Å². The van der Waals surface area contributed by atoms with Gasteiger partial charge < -0.3 is 4.98 Å². The summed E-state index contributed by atoms with van der Waals surface area (Å²) in [6, 6.07) is 0. The zero-order valence-corrected chi connectivity index (χ0v) is 11.7. The van der Waals surface area contributed by atoms with Crippen molar-refractivity contribution in [3.8, 4) is 0 Å². The van der Waals surface area contributed by atoms with E-state index < -0.39 is 0 Å². The van der Waals surface area contributed by atoms with Gasteiger partial charge in [0.25, 0.3) is 5.56 Å². The number of H-pyrrole nitrogens is 1. The Labute approximate surface area is 109 Å². The normalized spacial score (nSPS) is 16.9. The Hall–Kier alpha value is -0.390. The first kappa shape index (κ1) is 12.1. The molecular formula is C12H17IN2O. The molecule has 1 N–H and O–H groups in total. The van der Waals surface area contributed by atoms with E-state index in [0.29, 0.717) is 5.92 Å². The Morgan fingerprint density at radius 1 is 1.44 bits per heavy atom. The number of nitrogens with zero attached hydrogens (tertiary/aromatic N) is 1. The van der Waals surface area contributed by atoms with E-state index in [2.05, 4.69) is 39.5 Å². The molecule has 2 rings (SSSR count). The zero-order chi connectivity index (χ0) is 11.5. The van der Waals surface area contributed by atoms with Crippen molar-refractivity contribution in [2.75, 3.05) is 0 Å². The van der Waals surface area contributed by atoms with E-state index >= 15 is 0 Å². The van der Waals surface area contributed by atoms with Crippen molar-refractivity contribution in [1.82, 2.24) is 9.97 Å². The number of hydrogen-bond acceptors (Lipinski definition) is 2. The molecule has 88 valence electrons. The van der Waals surface area contributed by atoms with Crippen molar-refractivity contribution >= 4 is 22.6 Å². The minimum atomic E-state index is 0.0425. The van der Waals surface area contributed by atoms with E-state index in [0.717, 1.165) is 27.9 Å². The molecule has 1 saturated carbocycles. The van der Waals surface area contributed by atoms with Crippen LogP contribution >= 0.6 is 22.6 Å². The van der Waals surface area contributed by atoms with E-state index in [4.69, 9.17) is 0 Å². The fourth-order valence-electron chi connectivity index (χ4n) is 2.32. The van der Waals surface area contributed by atoms with Gasteiger partial charge in [-0.15, -0.1) is 0 Å². The second kappa shape index (κ2) is 5.29. The van der Waals surface area contributed by atoms with E-state index in [9.17, 15) is 4.79 Å². The van der Waals surface area contributed by atoms with E-state index in [1.165, 1.54) is 25.7 Å². The van der Waals surface area contributed by atoms with Gasteiger partial charge in [0.15, 0.2) is 0 Å². The van der Waals surface area contributed by atoms with Gasteiger partial charge in [-0.1, -0.05) is 26.2 Å². The van der Waals surface area contributed by atoms with Gasteiger partial charge in [0.05, 0.1) is 9.26 Å². The summed E-state index contributed by atoms with van der Waals surface area (Å²) in [6.07, 6.45) is 6.83. The maximum absolute atomic E-state index is 11.8. The maximum Gasteiger partial charge on any atom is 0.264 e. The molecule has 0 amide bonds. The van der Waals surface area contributed by atoms with Crippen molar-refractivity contribution in [2.24, 2.45) is 0 Å². The summed E-state index contributed by atoms with van der Waals surface area (Å²) < 4.78 is 0.765. The van der Waals surface area contributed by atoms with Crippen LogP contribution in [0.25, 0.3) is 0 Å². The lowest BCUT2D eigenvalue weighted by Crippen LogP contribution is -2.19. The summed E-state index contributed by atoms with van der Waals surface area (Å²) in [7, 11) is 0. The Balaban J connectivity index is 2.35. The molecule has 1 fully saturated rings.